The van der Waals surface area contributed by atoms with Crippen molar-refractivity contribution in [1.29, 1.82) is 0 Å². The zero-order valence-electron chi connectivity index (χ0n) is 14.9. The third-order valence-electron chi connectivity index (χ3n) is 4.46. The third-order valence-corrected chi connectivity index (χ3v) is 4.46. The zero-order chi connectivity index (χ0) is 17.5. The Hall–Kier alpha value is -2.04. The summed E-state index contributed by atoms with van der Waals surface area (Å²) in [5.41, 5.74) is 0.671. The van der Waals surface area contributed by atoms with E-state index in [2.05, 4.69) is 19.2 Å². The van der Waals surface area contributed by atoms with Crippen LogP contribution in [0, 0.1) is 11.8 Å². The van der Waals surface area contributed by atoms with Gasteiger partial charge in [-0.1, -0.05) is 13.8 Å². The Morgan fingerprint density at radius 2 is 1.83 bits per heavy atom. The number of likely N-dealkylation sites (tertiary alicyclic amines) is 1. The lowest BCUT2D eigenvalue weighted by Gasteiger charge is -2.31. The lowest BCUT2D eigenvalue weighted by Crippen LogP contribution is -2.42. The molecule has 1 N–H and O–H groups in total. The molecule has 132 valence electrons. The molecule has 1 aromatic carbocycles. The molecule has 5 heteroatoms. The van der Waals surface area contributed by atoms with Crippen LogP contribution in [-0.4, -0.2) is 43.5 Å². The predicted octanol–water partition coefficient (Wildman–Crippen LogP) is 2.71. The molecule has 2 amide bonds. The van der Waals surface area contributed by atoms with Gasteiger partial charge >= 0.3 is 0 Å². The second kappa shape index (κ2) is 8.71. The second-order valence-electron chi connectivity index (χ2n) is 6.74. The fourth-order valence-electron chi connectivity index (χ4n) is 2.84. The smallest absolute Gasteiger partial charge is 0.253 e. The van der Waals surface area contributed by atoms with Crippen molar-refractivity contribution in [2.24, 2.45) is 11.8 Å². The van der Waals surface area contributed by atoms with E-state index in [1.165, 1.54) is 0 Å². The summed E-state index contributed by atoms with van der Waals surface area (Å²) in [4.78, 5) is 26.0. The number of benzene rings is 1. The SMILES string of the molecule is CNC(=O)C1CCN(C(=O)c2ccc(OCCC(C)C)cc2)CC1. The number of carbonyl (C=O) groups is 2. The van der Waals surface area contributed by atoms with E-state index < -0.39 is 0 Å². The van der Waals surface area contributed by atoms with E-state index >= 15 is 0 Å². The summed E-state index contributed by atoms with van der Waals surface area (Å²) < 4.78 is 5.68. The summed E-state index contributed by atoms with van der Waals surface area (Å²) in [5.74, 6) is 1.54. The van der Waals surface area contributed by atoms with Crippen LogP contribution in [0.2, 0.25) is 0 Å². The number of carbonyl (C=O) groups excluding carboxylic acids is 2. The molecule has 24 heavy (non-hydrogen) atoms. The summed E-state index contributed by atoms with van der Waals surface area (Å²) in [7, 11) is 1.66. The van der Waals surface area contributed by atoms with Gasteiger partial charge in [0.25, 0.3) is 5.91 Å². The number of hydrogen-bond donors (Lipinski definition) is 1. The van der Waals surface area contributed by atoms with Crippen LogP contribution < -0.4 is 10.1 Å². The molecule has 1 aromatic rings. The normalized spacial score (nSPS) is 15.4. The largest absolute Gasteiger partial charge is 0.494 e. The van der Waals surface area contributed by atoms with Gasteiger partial charge < -0.3 is 15.0 Å². The topological polar surface area (TPSA) is 58.6 Å². The highest BCUT2D eigenvalue weighted by Gasteiger charge is 2.27. The van der Waals surface area contributed by atoms with Crippen LogP contribution in [-0.2, 0) is 4.79 Å². The molecule has 0 saturated carbocycles. The lowest BCUT2D eigenvalue weighted by molar-refractivity contribution is -0.125. The van der Waals surface area contributed by atoms with Crippen LogP contribution in [0.15, 0.2) is 24.3 Å². The molecular formula is C19H28N2O3. The summed E-state index contributed by atoms with van der Waals surface area (Å²) in [5, 5.41) is 2.68. The Morgan fingerprint density at radius 3 is 2.38 bits per heavy atom. The fraction of sp³-hybridized carbons (Fsp3) is 0.579. The monoisotopic (exact) mass is 332 g/mol. The van der Waals surface area contributed by atoms with E-state index in [-0.39, 0.29) is 17.7 Å². The molecule has 0 aromatic heterocycles. The van der Waals surface area contributed by atoms with Crippen LogP contribution in [0.4, 0.5) is 0 Å². The third kappa shape index (κ3) is 4.98. The summed E-state index contributed by atoms with van der Waals surface area (Å²) in [6.07, 6.45) is 2.46. The molecule has 1 heterocycles. The molecule has 0 radical (unpaired) electrons. The van der Waals surface area contributed by atoms with Gasteiger partial charge in [0.05, 0.1) is 6.61 Å². The average molecular weight is 332 g/mol. The first kappa shape index (κ1) is 18.3. The van der Waals surface area contributed by atoms with E-state index in [1.807, 2.05) is 29.2 Å². The number of ether oxygens (including phenoxy) is 1. The van der Waals surface area contributed by atoms with Crippen molar-refractivity contribution in [3.8, 4) is 5.75 Å². The maximum Gasteiger partial charge on any atom is 0.253 e. The maximum absolute atomic E-state index is 12.5. The van der Waals surface area contributed by atoms with E-state index in [4.69, 9.17) is 4.74 Å². The summed E-state index contributed by atoms with van der Waals surface area (Å²) in [6.45, 7) is 6.28. The minimum absolute atomic E-state index is 0.0239. The van der Waals surface area contributed by atoms with Gasteiger partial charge in [-0.15, -0.1) is 0 Å². The molecule has 1 saturated heterocycles. The van der Waals surface area contributed by atoms with E-state index in [1.54, 1.807) is 7.05 Å². The number of nitrogens with zero attached hydrogens (tertiary/aromatic N) is 1. The quantitative estimate of drug-likeness (QED) is 0.871. The van der Waals surface area contributed by atoms with Crippen LogP contribution in [0.3, 0.4) is 0 Å². The molecule has 0 unspecified atom stereocenters. The zero-order valence-corrected chi connectivity index (χ0v) is 14.9. The number of rotatable bonds is 6. The van der Waals surface area contributed by atoms with Gasteiger partial charge in [-0.3, -0.25) is 9.59 Å². The van der Waals surface area contributed by atoms with Crippen LogP contribution in [0.25, 0.3) is 0 Å². The Labute approximate surface area is 144 Å². The fourth-order valence-corrected chi connectivity index (χ4v) is 2.84. The molecule has 1 fully saturated rings. The maximum atomic E-state index is 12.5. The minimum atomic E-state index is 0.0239. The summed E-state index contributed by atoms with van der Waals surface area (Å²) in [6, 6.07) is 7.34. The van der Waals surface area contributed by atoms with Crippen LogP contribution in [0.5, 0.6) is 5.75 Å². The molecule has 5 nitrogen and oxygen atoms in total. The first-order valence-corrected chi connectivity index (χ1v) is 8.75. The van der Waals surface area contributed by atoms with E-state index in [9.17, 15) is 9.59 Å². The van der Waals surface area contributed by atoms with Gasteiger partial charge in [-0.05, 0) is 49.4 Å². The number of amides is 2. The second-order valence-corrected chi connectivity index (χ2v) is 6.74. The Kier molecular flexibility index (Phi) is 6.64. The minimum Gasteiger partial charge on any atom is -0.494 e. The van der Waals surface area contributed by atoms with Crippen molar-refractivity contribution < 1.29 is 14.3 Å². The highest BCUT2D eigenvalue weighted by Crippen LogP contribution is 2.20. The highest BCUT2D eigenvalue weighted by molar-refractivity contribution is 5.94. The Balaban J connectivity index is 1.85. The molecule has 0 aliphatic carbocycles. The Bertz CT molecular complexity index is 546. The van der Waals surface area contributed by atoms with Crippen molar-refractivity contribution >= 4 is 11.8 Å². The van der Waals surface area contributed by atoms with Crippen LogP contribution >= 0.6 is 0 Å². The first-order valence-electron chi connectivity index (χ1n) is 8.75. The summed E-state index contributed by atoms with van der Waals surface area (Å²) >= 11 is 0. The number of hydrogen-bond acceptors (Lipinski definition) is 3. The van der Waals surface area contributed by atoms with E-state index in [0.717, 1.165) is 25.0 Å². The van der Waals surface area contributed by atoms with Crippen molar-refractivity contribution in [2.45, 2.75) is 33.1 Å². The standard InChI is InChI=1S/C19H28N2O3/c1-14(2)10-13-24-17-6-4-16(5-7-17)19(23)21-11-8-15(9-12-21)18(22)20-3/h4-7,14-15H,8-13H2,1-3H3,(H,20,22). The lowest BCUT2D eigenvalue weighted by atomic mass is 9.95. The molecule has 0 atom stereocenters. The van der Waals surface area contributed by atoms with Crippen molar-refractivity contribution in [3.05, 3.63) is 29.8 Å². The molecule has 1 aliphatic heterocycles. The van der Waals surface area contributed by atoms with Crippen LogP contribution in [0.1, 0.15) is 43.5 Å². The van der Waals surface area contributed by atoms with Gasteiger partial charge in [0.15, 0.2) is 0 Å². The predicted molar refractivity (Wildman–Crippen MR) is 94.1 cm³/mol. The average Bonchev–Trinajstić information content (AvgIpc) is 2.61. The molecule has 2 rings (SSSR count). The van der Waals surface area contributed by atoms with Gasteiger partial charge in [-0.2, -0.15) is 0 Å². The Morgan fingerprint density at radius 1 is 1.21 bits per heavy atom. The highest BCUT2D eigenvalue weighted by atomic mass is 16.5. The number of nitrogens with one attached hydrogen (secondary N) is 1. The number of piperidine rings is 1. The van der Waals surface area contributed by atoms with Crippen molar-refractivity contribution in [1.82, 2.24) is 10.2 Å². The van der Waals surface area contributed by atoms with Gasteiger partial charge in [0.1, 0.15) is 5.75 Å². The van der Waals surface area contributed by atoms with Gasteiger partial charge in [-0.25, -0.2) is 0 Å². The van der Waals surface area contributed by atoms with Gasteiger partial charge in [0, 0.05) is 31.6 Å². The molecular weight excluding hydrogens is 304 g/mol. The molecule has 0 spiro atoms. The first-order chi connectivity index (χ1) is 11.5. The van der Waals surface area contributed by atoms with Gasteiger partial charge in [0.2, 0.25) is 5.91 Å². The van der Waals surface area contributed by atoms with Crippen molar-refractivity contribution in [3.63, 3.8) is 0 Å². The molecule has 1 aliphatic rings. The molecule has 0 bridgehead atoms. The van der Waals surface area contributed by atoms with Crippen molar-refractivity contribution in [2.75, 3.05) is 26.7 Å². The van der Waals surface area contributed by atoms with E-state index in [0.29, 0.717) is 31.2 Å².